The van der Waals surface area contributed by atoms with Crippen molar-refractivity contribution in [3.63, 3.8) is 0 Å². The Labute approximate surface area is 128 Å². The molecule has 6 nitrogen and oxygen atoms in total. The Morgan fingerprint density at radius 1 is 1.18 bits per heavy atom. The Bertz CT molecular complexity index is 814. The molecule has 2 rings (SSSR count). The number of aromatic carboxylic acids is 1. The fourth-order valence-electron chi connectivity index (χ4n) is 1.90. The van der Waals surface area contributed by atoms with Crippen LogP contribution in [-0.2, 0) is 10.0 Å². The predicted molar refractivity (Wildman–Crippen MR) is 81.9 cm³/mol. The highest BCUT2D eigenvalue weighted by Crippen LogP contribution is 2.23. The molecule has 0 fully saturated rings. The quantitative estimate of drug-likeness (QED) is 0.882. The first-order valence-corrected chi connectivity index (χ1v) is 7.82. The molecule has 0 bridgehead atoms. The lowest BCUT2D eigenvalue weighted by Gasteiger charge is -2.12. The van der Waals surface area contributed by atoms with Crippen LogP contribution in [0.25, 0.3) is 0 Å². The SMILES string of the molecule is COc1cccc(S(=O)(=O)Nc2cc(C)ccc2C(=O)O)c1. The second kappa shape index (κ2) is 6.07. The van der Waals surface area contributed by atoms with E-state index in [0.29, 0.717) is 5.75 Å². The number of carboxylic acids is 1. The highest BCUT2D eigenvalue weighted by Gasteiger charge is 2.19. The maximum atomic E-state index is 12.4. The van der Waals surface area contributed by atoms with E-state index in [1.807, 2.05) is 0 Å². The zero-order chi connectivity index (χ0) is 16.3. The Kier molecular flexibility index (Phi) is 4.37. The van der Waals surface area contributed by atoms with Crippen LogP contribution >= 0.6 is 0 Å². The van der Waals surface area contributed by atoms with E-state index >= 15 is 0 Å². The molecule has 2 N–H and O–H groups in total. The molecule has 0 radical (unpaired) electrons. The van der Waals surface area contributed by atoms with Gasteiger partial charge in [0.1, 0.15) is 5.75 Å². The van der Waals surface area contributed by atoms with Crippen LogP contribution in [-0.4, -0.2) is 26.6 Å². The molecule has 22 heavy (non-hydrogen) atoms. The molecule has 0 saturated carbocycles. The van der Waals surface area contributed by atoms with E-state index in [1.165, 1.54) is 31.4 Å². The zero-order valence-corrected chi connectivity index (χ0v) is 12.8. The molecule has 0 amide bonds. The lowest BCUT2D eigenvalue weighted by molar-refractivity contribution is 0.0698. The maximum absolute atomic E-state index is 12.4. The first kappa shape index (κ1) is 15.8. The number of ether oxygens (including phenoxy) is 1. The zero-order valence-electron chi connectivity index (χ0n) is 12.0. The summed E-state index contributed by atoms with van der Waals surface area (Å²) in [6.45, 7) is 1.75. The number of sulfonamides is 1. The topological polar surface area (TPSA) is 92.7 Å². The monoisotopic (exact) mass is 321 g/mol. The van der Waals surface area contributed by atoms with E-state index < -0.39 is 16.0 Å². The van der Waals surface area contributed by atoms with Crippen molar-refractivity contribution in [1.82, 2.24) is 0 Å². The van der Waals surface area contributed by atoms with Crippen molar-refractivity contribution in [1.29, 1.82) is 0 Å². The molecule has 0 spiro atoms. The smallest absolute Gasteiger partial charge is 0.337 e. The van der Waals surface area contributed by atoms with Gasteiger partial charge in [-0.3, -0.25) is 4.72 Å². The summed E-state index contributed by atoms with van der Waals surface area (Å²) < 4.78 is 32.1. The number of anilines is 1. The number of hydrogen-bond acceptors (Lipinski definition) is 4. The van der Waals surface area contributed by atoms with E-state index in [2.05, 4.69) is 4.72 Å². The Morgan fingerprint density at radius 2 is 1.91 bits per heavy atom. The fourth-order valence-corrected chi connectivity index (χ4v) is 3.01. The third kappa shape index (κ3) is 3.37. The van der Waals surface area contributed by atoms with Gasteiger partial charge in [-0.15, -0.1) is 0 Å². The van der Waals surface area contributed by atoms with Gasteiger partial charge >= 0.3 is 5.97 Å². The normalized spacial score (nSPS) is 11.0. The van der Waals surface area contributed by atoms with E-state index in [4.69, 9.17) is 9.84 Å². The van der Waals surface area contributed by atoms with Gasteiger partial charge in [0, 0.05) is 6.07 Å². The number of nitrogens with one attached hydrogen (secondary N) is 1. The summed E-state index contributed by atoms with van der Waals surface area (Å²) in [4.78, 5) is 11.2. The summed E-state index contributed by atoms with van der Waals surface area (Å²) in [6.07, 6.45) is 0. The second-order valence-electron chi connectivity index (χ2n) is 4.64. The van der Waals surface area contributed by atoms with Gasteiger partial charge in [-0.05, 0) is 36.8 Å². The minimum atomic E-state index is -3.91. The van der Waals surface area contributed by atoms with Crippen LogP contribution in [0.2, 0.25) is 0 Å². The van der Waals surface area contributed by atoms with Crippen LogP contribution in [0.1, 0.15) is 15.9 Å². The van der Waals surface area contributed by atoms with Crippen molar-refractivity contribution in [3.8, 4) is 5.75 Å². The number of rotatable bonds is 5. The molecule has 0 heterocycles. The van der Waals surface area contributed by atoms with Crippen molar-refractivity contribution in [2.45, 2.75) is 11.8 Å². The van der Waals surface area contributed by atoms with Crippen molar-refractivity contribution in [2.24, 2.45) is 0 Å². The number of aryl methyl sites for hydroxylation is 1. The first-order chi connectivity index (χ1) is 10.3. The lowest BCUT2D eigenvalue weighted by atomic mass is 10.1. The molecule has 2 aromatic rings. The van der Waals surface area contributed by atoms with Crippen LogP contribution in [0, 0.1) is 6.92 Å². The number of carboxylic acid groups (broad SMARTS) is 1. The molecule has 0 aromatic heterocycles. The van der Waals surface area contributed by atoms with Crippen molar-refractivity contribution < 1.29 is 23.1 Å². The largest absolute Gasteiger partial charge is 0.497 e. The Morgan fingerprint density at radius 3 is 2.55 bits per heavy atom. The summed E-state index contributed by atoms with van der Waals surface area (Å²) in [5.41, 5.74) is 0.653. The van der Waals surface area contributed by atoms with Crippen LogP contribution < -0.4 is 9.46 Å². The summed E-state index contributed by atoms with van der Waals surface area (Å²) in [6, 6.07) is 10.4. The van der Waals surface area contributed by atoms with Crippen LogP contribution in [0.15, 0.2) is 47.4 Å². The van der Waals surface area contributed by atoms with Gasteiger partial charge in [-0.2, -0.15) is 0 Å². The molecule has 0 unspecified atom stereocenters. The molecule has 116 valence electrons. The van der Waals surface area contributed by atoms with Gasteiger partial charge in [-0.1, -0.05) is 12.1 Å². The van der Waals surface area contributed by atoms with Gasteiger partial charge in [0.15, 0.2) is 0 Å². The van der Waals surface area contributed by atoms with E-state index in [1.54, 1.807) is 25.1 Å². The molecule has 0 saturated heterocycles. The molecular formula is C15H15NO5S. The lowest BCUT2D eigenvalue weighted by Crippen LogP contribution is -2.15. The third-order valence-electron chi connectivity index (χ3n) is 3.00. The van der Waals surface area contributed by atoms with Crippen LogP contribution in [0.3, 0.4) is 0 Å². The number of hydrogen-bond donors (Lipinski definition) is 2. The van der Waals surface area contributed by atoms with E-state index in [9.17, 15) is 13.2 Å². The highest BCUT2D eigenvalue weighted by atomic mass is 32.2. The standard InChI is InChI=1S/C15H15NO5S/c1-10-6-7-13(15(17)18)14(8-10)16-22(19,20)12-5-3-4-11(9-12)21-2/h3-9,16H,1-2H3,(H,17,18). The van der Waals surface area contributed by atoms with E-state index in [-0.39, 0.29) is 16.1 Å². The first-order valence-electron chi connectivity index (χ1n) is 6.34. The van der Waals surface area contributed by atoms with Crippen molar-refractivity contribution in [2.75, 3.05) is 11.8 Å². The molecule has 0 aliphatic rings. The summed E-state index contributed by atoms with van der Waals surface area (Å²) in [5.74, 6) is -0.811. The minimum Gasteiger partial charge on any atom is -0.497 e. The second-order valence-corrected chi connectivity index (χ2v) is 6.32. The molecular weight excluding hydrogens is 306 g/mol. The van der Waals surface area contributed by atoms with Gasteiger partial charge < -0.3 is 9.84 Å². The Balaban J connectivity index is 2.44. The molecule has 7 heteroatoms. The van der Waals surface area contributed by atoms with Gasteiger partial charge in [0.2, 0.25) is 0 Å². The van der Waals surface area contributed by atoms with Gasteiger partial charge in [0.05, 0.1) is 23.3 Å². The maximum Gasteiger partial charge on any atom is 0.337 e. The van der Waals surface area contributed by atoms with Crippen LogP contribution in [0.4, 0.5) is 5.69 Å². The molecule has 0 atom stereocenters. The Hall–Kier alpha value is -2.54. The number of carbonyl (C=O) groups is 1. The summed E-state index contributed by atoms with van der Waals surface area (Å²) in [7, 11) is -2.48. The van der Waals surface area contributed by atoms with Crippen molar-refractivity contribution >= 4 is 21.7 Å². The minimum absolute atomic E-state index is 0.00954. The molecule has 2 aromatic carbocycles. The third-order valence-corrected chi connectivity index (χ3v) is 4.36. The van der Waals surface area contributed by atoms with Crippen molar-refractivity contribution in [3.05, 3.63) is 53.6 Å². The fraction of sp³-hybridized carbons (Fsp3) is 0.133. The van der Waals surface area contributed by atoms with Gasteiger partial charge in [0.25, 0.3) is 10.0 Å². The van der Waals surface area contributed by atoms with Gasteiger partial charge in [-0.25, -0.2) is 13.2 Å². The number of methoxy groups -OCH3 is 1. The average molecular weight is 321 g/mol. The average Bonchev–Trinajstić information content (AvgIpc) is 2.46. The highest BCUT2D eigenvalue weighted by molar-refractivity contribution is 7.92. The van der Waals surface area contributed by atoms with E-state index in [0.717, 1.165) is 5.56 Å². The predicted octanol–water partition coefficient (Wildman–Crippen LogP) is 2.50. The number of benzene rings is 2. The summed E-state index contributed by atoms with van der Waals surface area (Å²) >= 11 is 0. The van der Waals surface area contributed by atoms with Crippen LogP contribution in [0.5, 0.6) is 5.75 Å². The summed E-state index contributed by atoms with van der Waals surface area (Å²) in [5, 5.41) is 9.15. The molecule has 0 aliphatic heterocycles. The molecule has 0 aliphatic carbocycles.